The van der Waals surface area contributed by atoms with E-state index in [0.29, 0.717) is 6.42 Å². The summed E-state index contributed by atoms with van der Waals surface area (Å²) >= 11 is 1.56. The van der Waals surface area contributed by atoms with Crippen molar-refractivity contribution in [1.82, 2.24) is 9.97 Å². The van der Waals surface area contributed by atoms with Crippen LogP contribution in [0.1, 0.15) is 44.9 Å². The minimum atomic E-state index is 0.109. The molecule has 2 N–H and O–H groups in total. The lowest BCUT2D eigenvalue weighted by Gasteiger charge is -2.21. The van der Waals surface area contributed by atoms with Gasteiger partial charge in [-0.1, -0.05) is 32.1 Å². The Balaban J connectivity index is 1.28. The van der Waals surface area contributed by atoms with E-state index in [1.54, 1.807) is 23.7 Å². The summed E-state index contributed by atoms with van der Waals surface area (Å²) in [4.78, 5) is 20.9. The van der Waals surface area contributed by atoms with Crippen LogP contribution < -0.4 is 10.6 Å². The van der Waals surface area contributed by atoms with Gasteiger partial charge in [-0.25, -0.2) is 4.98 Å². The molecule has 0 radical (unpaired) electrons. The summed E-state index contributed by atoms with van der Waals surface area (Å²) in [6.45, 7) is 0. The van der Waals surface area contributed by atoms with E-state index in [-0.39, 0.29) is 5.91 Å². The van der Waals surface area contributed by atoms with Crippen molar-refractivity contribution in [2.45, 2.75) is 44.9 Å². The number of aromatic nitrogens is 2. The van der Waals surface area contributed by atoms with E-state index in [4.69, 9.17) is 0 Å². The molecule has 5 nitrogen and oxygen atoms in total. The first-order chi connectivity index (χ1) is 14.3. The fourth-order valence-electron chi connectivity index (χ4n) is 3.78. The first-order valence-electron chi connectivity index (χ1n) is 10.3. The largest absolute Gasteiger partial charge is 0.332 e. The second-order valence-electron chi connectivity index (χ2n) is 7.57. The fourth-order valence-corrected chi connectivity index (χ4v) is 4.52. The van der Waals surface area contributed by atoms with E-state index in [1.165, 1.54) is 32.1 Å². The maximum Gasteiger partial charge on any atom is 0.224 e. The van der Waals surface area contributed by atoms with Crippen LogP contribution in [0.15, 0.2) is 54.2 Å². The van der Waals surface area contributed by atoms with E-state index in [9.17, 15) is 4.79 Å². The number of carbonyl (C=O) groups is 1. The van der Waals surface area contributed by atoms with Gasteiger partial charge in [0.2, 0.25) is 5.91 Å². The van der Waals surface area contributed by atoms with Gasteiger partial charge in [-0.2, -0.15) is 0 Å². The van der Waals surface area contributed by atoms with Crippen LogP contribution in [0.5, 0.6) is 0 Å². The number of hydrogen-bond acceptors (Lipinski definition) is 5. The first-order valence-corrected chi connectivity index (χ1v) is 11.2. The highest BCUT2D eigenvalue weighted by Crippen LogP contribution is 2.28. The number of thiazole rings is 1. The molecule has 0 atom stereocenters. The van der Waals surface area contributed by atoms with Crippen molar-refractivity contribution in [3.05, 3.63) is 54.2 Å². The van der Waals surface area contributed by atoms with Crippen molar-refractivity contribution < 1.29 is 4.79 Å². The van der Waals surface area contributed by atoms with Crippen LogP contribution in [-0.2, 0) is 4.79 Å². The standard InChI is InChI=1S/C23H26N4OS/c28-22(11-6-17-4-2-1-3-5-17)25-19-7-9-20(10-8-19)26-23-27-21(16-29-23)18-12-14-24-15-13-18/h7-10,12-17H,1-6,11H2,(H,25,28)(H,26,27). The molecule has 0 spiro atoms. The molecule has 0 aliphatic heterocycles. The average molecular weight is 407 g/mol. The van der Waals surface area contributed by atoms with Gasteiger partial charge in [-0.15, -0.1) is 11.3 Å². The smallest absolute Gasteiger partial charge is 0.224 e. The summed E-state index contributed by atoms with van der Waals surface area (Å²) in [6.07, 6.45) is 11.7. The Labute approximate surface area is 175 Å². The molecule has 0 bridgehead atoms. The maximum absolute atomic E-state index is 12.2. The van der Waals surface area contributed by atoms with Gasteiger partial charge in [0, 0.05) is 41.1 Å². The Hall–Kier alpha value is -2.73. The molecule has 1 aliphatic rings. The molecule has 29 heavy (non-hydrogen) atoms. The number of rotatable bonds is 7. The molecule has 1 aliphatic carbocycles. The van der Waals surface area contributed by atoms with E-state index in [1.807, 2.05) is 41.8 Å². The predicted octanol–water partition coefficient (Wildman–Crippen LogP) is 6.25. The zero-order valence-corrected chi connectivity index (χ0v) is 17.3. The molecule has 1 saturated carbocycles. The van der Waals surface area contributed by atoms with Crippen LogP contribution in [0.4, 0.5) is 16.5 Å². The summed E-state index contributed by atoms with van der Waals surface area (Å²) in [5.74, 6) is 0.842. The molecule has 4 rings (SSSR count). The third-order valence-corrected chi connectivity index (χ3v) is 6.16. The van der Waals surface area contributed by atoms with Crippen molar-refractivity contribution >= 4 is 33.8 Å². The normalized spacial score (nSPS) is 14.5. The monoisotopic (exact) mass is 406 g/mol. The Morgan fingerprint density at radius 1 is 1.00 bits per heavy atom. The number of benzene rings is 1. The minimum absolute atomic E-state index is 0.109. The number of amides is 1. The topological polar surface area (TPSA) is 66.9 Å². The lowest BCUT2D eigenvalue weighted by Crippen LogP contribution is -2.14. The second kappa shape index (κ2) is 9.65. The zero-order chi connectivity index (χ0) is 19.9. The number of hydrogen-bond donors (Lipinski definition) is 2. The quantitative estimate of drug-likeness (QED) is 0.487. The van der Waals surface area contributed by atoms with Crippen LogP contribution >= 0.6 is 11.3 Å². The Morgan fingerprint density at radius 3 is 2.48 bits per heavy atom. The van der Waals surface area contributed by atoms with Gasteiger partial charge in [0.1, 0.15) is 0 Å². The van der Waals surface area contributed by atoms with Gasteiger partial charge in [0.05, 0.1) is 5.69 Å². The molecule has 1 aromatic carbocycles. The third-order valence-electron chi connectivity index (χ3n) is 5.40. The van der Waals surface area contributed by atoms with Gasteiger partial charge >= 0.3 is 0 Å². The Kier molecular flexibility index (Phi) is 6.52. The van der Waals surface area contributed by atoms with Crippen molar-refractivity contribution in [2.75, 3.05) is 10.6 Å². The molecule has 3 aromatic rings. The fraction of sp³-hybridized carbons (Fsp3) is 0.348. The lowest BCUT2D eigenvalue weighted by atomic mass is 9.86. The molecule has 2 aromatic heterocycles. The molecule has 2 heterocycles. The summed E-state index contributed by atoms with van der Waals surface area (Å²) in [6, 6.07) is 11.7. The van der Waals surface area contributed by atoms with Crippen molar-refractivity contribution in [3.8, 4) is 11.3 Å². The minimum Gasteiger partial charge on any atom is -0.332 e. The molecule has 1 fully saturated rings. The van der Waals surface area contributed by atoms with Gasteiger partial charge in [-0.3, -0.25) is 9.78 Å². The number of pyridine rings is 1. The van der Waals surface area contributed by atoms with E-state index in [2.05, 4.69) is 20.6 Å². The molecule has 0 saturated heterocycles. The second-order valence-corrected chi connectivity index (χ2v) is 8.43. The highest BCUT2D eigenvalue weighted by molar-refractivity contribution is 7.14. The number of carbonyl (C=O) groups excluding carboxylic acids is 1. The van der Waals surface area contributed by atoms with E-state index < -0.39 is 0 Å². The van der Waals surface area contributed by atoms with Crippen molar-refractivity contribution in [3.63, 3.8) is 0 Å². The number of anilines is 3. The molecular weight excluding hydrogens is 380 g/mol. The maximum atomic E-state index is 12.2. The highest BCUT2D eigenvalue weighted by Gasteiger charge is 2.15. The predicted molar refractivity (Wildman–Crippen MR) is 120 cm³/mol. The van der Waals surface area contributed by atoms with E-state index in [0.717, 1.165) is 40.1 Å². The van der Waals surface area contributed by atoms with Crippen LogP contribution in [0.2, 0.25) is 0 Å². The summed E-state index contributed by atoms with van der Waals surface area (Å²) in [5.41, 5.74) is 3.76. The van der Waals surface area contributed by atoms with Gasteiger partial charge < -0.3 is 10.6 Å². The van der Waals surface area contributed by atoms with E-state index >= 15 is 0 Å². The summed E-state index contributed by atoms with van der Waals surface area (Å²) in [5, 5.41) is 9.20. The molecule has 1 amide bonds. The van der Waals surface area contributed by atoms with Gasteiger partial charge in [0.15, 0.2) is 5.13 Å². The van der Waals surface area contributed by atoms with Crippen LogP contribution in [0.25, 0.3) is 11.3 Å². The molecule has 150 valence electrons. The zero-order valence-electron chi connectivity index (χ0n) is 16.4. The summed E-state index contributed by atoms with van der Waals surface area (Å²) < 4.78 is 0. The SMILES string of the molecule is O=C(CCC1CCCCC1)Nc1ccc(Nc2nc(-c3ccncc3)cs2)cc1. The summed E-state index contributed by atoms with van der Waals surface area (Å²) in [7, 11) is 0. The Bertz CT molecular complexity index is 918. The molecule has 0 unspecified atom stereocenters. The molecular formula is C23H26N4OS. The van der Waals surface area contributed by atoms with Crippen LogP contribution in [-0.4, -0.2) is 15.9 Å². The van der Waals surface area contributed by atoms with Crippen LogP contribution in [0.3, 0.4) is 0 Å². The first kappa shape index (κ1) is 19.6. The number of nitrogens with zero attached hydrogens (tertiary/aromatic N) is 2. The van der Waals surface area contributed by atoms with Crippen molar-refractivity contribution in [2.24, 2.45) is 5.92 Å². The number of nitrogens with one attached hydrogen (secondary N) is 2. The average Bonchev–Trinajstić information content (AvgIpc) is 3.24. The lowest BCUT2D eigenvalue weighted by molar-refractivity contribution is -0.116. The third kappa shape index (κ3) is 5.64. The van der Waals surface area contributed by atoms with Crippen LogP contribution in [0, 0.1) is 5.92 Å². The highest BCUT2D eigenvalue weighted by atomic mass is 32.1. The Morgan fingerprint density at radius 2 is 1.72 bits per heavy atom. The van der Waals surface area contributed by atoms with Gasteiger partial charge in [0.25, 0.3) is 0 Å². The van der Waals surface area contributed by atoms with Gasteiger partial charge in [-0.05, 0) is 48.7 Å². The van der Waals surface area contributed by atoms with Crippen molar-refractivity contribution in [1.29, 1.82) is 0 Å². The molecule has 6 heteroatoms.